The van der Waals surface area contributed by atoms with Gasteiger partial charge in [-0.05, 0) is 30.3 Å². The molecule has 0 radical (unpaired) electrons. The standard InChI is InChI=1S/C16H17ClN2O3S/c1-11(2)16(20)18-12-6-5-7-13(10-12)23(21,22)19-15-9-4-3-8-14(15)17/h3-11,19H,1-2H3,(H,18,20). The van der Waals surface area contributed by atoms with Crippen molar-refractivity contribution >= 4 is 38.9 Å². The molecule has 5 nitrogen and oxygen atoms in total. The monoisotopic (exact) mass is 352 g/mol. The molecule has 2 aromatic rings. The van der Waals surface area contributed by atoms with E-state index in [2.05, 4.69) is 10.0 Å². The third kappa shape index (κ3) is 4.46. The molecular formula is C16H17ClN2O3S. The lowest BCUT2D eigenvalue weighted by molar-refractivity contribution is -0.118. The lowest BCUT2D eigenvalue weighted by Gasteiger charge is -2.12. The summed E-state index contributed by atoms with van der Waals surface area (Å²) in [5.41, 5.74) is 0.719. The number of benzene rings is 2. The van der Waals surface area contributed by atoms with E-state index < -0.39 is 10.0 Å². The Bertz CT molecular complexity index is 820. The van der Waals surface area contributed by atoms with Crippen molar-refractivity contribution in [3.05, 3.63) is 53.6 Å². The summed E-state index contributed by atoms with van der Waals surface area (Å²) in [4.78, 5) is 11.8. The van der Waals surface area contributed by atoms with E-state index in [1.807, 2.05) is 0 Å². The highest BCUT2D eigenvalue weighted by Crippen LogP contribution is 2.25. The van der Waals surface area contributed by atoms with Crippen LogP contribution < -0.4 is 10.0 Å². The van der Waals surface area contributed by atoms with Gasteiger partial charge in [-0.25, -0.2) is 8.42 Å². The van der Waals surface area contributed by atoms with Gasteiger partial charge in [0, 0.05) is 11.6 Å². The zero-order valence-electron chi connectivity index (χ0n) is 12.7. The number of halogens is 1. The third-order valence-electron chi connectivity index (χ3n) is 3.05. The number of carbonyl (C=O) groups is 1. The highest BCUT2D eigenvalue weighted by molar-refractivity contribution is 7.92. The first-order chi connectivity index (χ1) is 10.8. The van der Waals surface area contributed by atoms with Crippen molar-refractivity contribution in [1.29, 1.82) is 0 Å². The van der Waals surface area contributed by atoms with Gasteiger partial charge in [0.15, 0.2) is 0 Å². The summed E-state index contributed by atoms with van der Waals surface area (Å²) in [6.07, 6.45) is 0. The summed E-state index contributed by atoms with van der Waals surface area (Å²) in [5.74, 6) is -0.380. The van der Waals surface area contributed by atoms with Gasteiger partial charge in [-0.15, -0.1) is 0 Å². The Balaban J connectivity index is 2.27. The molecule has 0 aromatic heterocycles. The maximum absolute atomic E-state index is 12.4. The van der Waals surface area contributed by atoms with Crippen LogP contribution in [-0.4, -0.2) is 14.3 Å². The number of hydrogen-bond acceptors (Lipinski definition) is 3. The van der Waals surface area contributed by atoms with Gasteiger partial charge in [-0.3, -0.25) is 9.52 Å². The number of amides is 1. The molecule has 2 N–H and O–H groups in total. The molecule has 2 aromatic carbocycles. The summed E-state index contributed by atoms with van der Waals surface area (Å²) < 4.78 is 27.3. The van der Waals surface area contributed by atoms with Crippen molar-refractivity contribution in [2.45, 2.75) is 18.7 Å². The van der Waals surface area contributed by atoms with E-state index in [0.29, 0.717) is 16.4 Å². The average Bonchev–Trinajstić information content (AvgIpc) is 2.49. The Labute approximate surface area is 140 Å². The molecule has 2 rings (SSSR count). The maximum atomic E-state index is 12.4. The molecule has 0 aliphatic carbocycles. The molecule has 23 heavy (non-hydrogen) atoms. The number of anilines is 2. The van der Waals surface area contributed by atoms with E-state index in [1.54, 1.807) is 50.2 Å². The number of para-hydroxylation sites is 1. The van der Waals surface area contributed by atoms with Crippen LogP contribution in [0.5, 0.6) is 0 Å². The first-order valence-corrected chi connectivity index (χ1v) is 8.84. The number of nitrogens with one attached hydrogen (secondary N) is 2. The molecule has 122 valence electrons. The Morgan fingerprint density at radius 1 is 1.09 bits per heavy atom. The van der Waals surface area contributed by atoms with Crippen molar-refractivity contribution in [3.8, 4) is 0 Å². The maximum Gasteiger partial charge on any atom is 0.262 e. The molecule has 7 heteroatoms. The fraction of sp³-hybridized carbons (Fsp3) is 0.188. The van der Waals surface area contributed by atoms with Crippen LogP contribution in [0.15, 0.2) is 53.4 Å². The van der Waals surface area contributed by atoms with Crippen LogP contribution in [-0.2, 0) is 14.8 Å². The molecule has 0 unspecified atom stereocenters. The van der Waals surface area contributed by atoms with Crippen LogP contribution in [0.25, 0.3) is 0 Å². The van der Waals surface area contributed by atoms with Crippen LogP contribution >= 0.6 is 11.6 Å². The minimum atomic E-state index is -3.80. The van der Waals surface area contributed by atoms with Crippen LogP contribution in [0.3, 0.4) is 0 Å². The average molecular weight is 353 g/mol. The van der Waals surface area contributed by atoms with E-state index in [1.165, 1.54) is 12.1 Å². The van der Waals surface area contributed by atoms with Gasteiger partial charge in [-0.1, -0.05) is 43.6 Å². The zero-order valence-corrected chi connectivity index (χ0v) is 14.3. The van der Waals surface area contributed by atoms with Gasteiger partial charge in [-0.2, -0.15) is 0 Å². The van der Waals surface area contributed by atoms with Crippen LogP contribution in [0.1, 0.15) is 13.8 Å². The third-order valence-corrected chi connectivity index (χ3v) is 4.75. The molecule has 0 spiro atoms. The molecule has 0 aliphatic rings. The van der Waals surface area contributed by atoms with Gasteiger partial charge in [0.05, 0.1) is 15.6 Å². The molecule has 0 atom stereocenters. The summed E-state index contributed by atoms with van der Waals surface area (Å²) in [7, 11) is -3.80. The van der Waals surface area contributed by atoms with Crippen molar-refractivity contribution in [2.24, 2.45) is 5.92 Å². The van der Waals surface area contributed by atoms with Crippen molar-refractivity contribution in [2.75, 3.05) is 10.0 Å². The second-order valence-electron chi connectivity index (χ2n) is 5.26. The van der Waals surface area contributed by atoms with Gasteiger partial charge in [0.2, 0.25) is 5.91 Å². The summed E-state index contributed by atoms with van der Waals surface area (Å²) in [6.45, 7) is 3.52. The fourth-order valence-electron chi connectivity index (χ4n) is 1.78. The predicted molar refractivity (Wildman–Crippen MR) is 92.2 cm³/mol. The van der Waals surface area contributed by atoms with Crippen molar-refractivity contribution < 1.29 is 13.2 Å². The smallest absolute Gasteiger partial charge is 0.262 e. The molecule has 0 aliphatic heterocycles. The van der Waals surface area contributed by atoms with Gasteiger partial charge >= 0.3 is 0 Å². The minimum Gasteiger partial charge on any atom is -0.326 e. The molecule has 1 amide bonds. The van der Waals surface area contributed by atoms with Crippen molar-refractivity contribution in [1.82, 2.24) is 0 Å². The van der Waals surface area contributed by atoms with Gasteiger partial charge < -0.3 is 5.32 Å². The van der Waals surface area contributed by atoms with Crippen molar-refractivity contribution in [3.63, 3.8) is 0 Å². The predicted octanol–water partition coefficient (Wildman–Crippen LogP) is 3.74. The topological polar surface area (TPSA) is 75.3 Å². The van der Waals surface area contributed by atoms with Gasteiger partial charge in [0.1, 0.15) is 0 Å². The Hall–Kier alpha value is -2.05. The van der Waals surface area contributed by atoms with Gasteiger partial charge in [0.25, 0.3) is 10.0 Å². The Morgan fingerprint density at radius 2 is 1.78 bits per heavy atom. The Kier molecular flexibility index (Phi) is 5.28. The lowest BCUT2D eigenvalue weighted by atomic mass is 10.2. The van der Waals surface area contributed by atoms with Crippen LogP contribution in [0.4, 0.5) is 11.4 Å². The SMILES string of the molecule is CC(C)C(=O)Nc1cccc(S(=O)(=O)Nc2ccccc2Cl)c1. The molecule has 0 heterocycles. The highest BCUT2D eigenvalue weighted by atomic mass is 35.5. The molecule has 0 saturated heterocycles. The van der Waals surface area contributed by atoms with Crippen LogP contribution in [0, 0.1) is 5.92 Å². The number of rotatable bonds is 5. The quantitative estimate of drug-likeness (QED) is 0.860. The second kappa shape index (κ2) is 7.02. The molecule has 0 saturated carbocycles. The molecule has 0 bridgehead atoms. The first kappa shape index (κ1) is 17.3. The summed E-state index contributed by atoms with van der Waals surface area (Å²) in [5, 5.41) is 2.98. The first-order valence-electron chi connectivity index (χ1n) is 6.98. The van der Waals surface area contributed by atoms with Crippen LogP contribution in [0.2, 0.25) is 5.02 Å². The van der Waals surface area contributed by atoms with E-state index >= 15 is 0 Å². The fourth-order valence-corrected chi connectivity index (χ4v) is 3.14. The van der Waals surface area contributed by atoms with E-state index in [-0.39, 0.29) is 16.7 Å². The van der Waals surface area contributed by atoms with E-state index in [9.17, 15) is 13.2 Å². The second-order valence-corrected chi connectivity index (χ2v) is 7.35. The summed E-state index contributed by atoms with van der Waals surface area (Å²) in [6, 6.07) is 12.6. The number of carbonyl (C=O) groups excluding carboxylic acids is 1. The number of hydrogen-bond donors (Lipinski definition) is 2. The minimum absolute atomic E-state index is 0.0407. The zero-order chi connectivity index (χ0) is 17.0. The highest BCUT2D eigenvalue weighted by Gasteiger charge is 2.17. The van der Waals surface area contributed by atoms with E-state index in [0.717, 1.165) is 0 Å². The lowest BCUT2D eigenvalue weighted by Crippen LogP contribution is -2.18. The molecule has 0 fully saturated rings. The normalized spacial score (nSPS) is 11.3. The molecular weight excluding hydrogens is 336 g/mol. The summed E-state index contributed by atoms with van der Waals surface area (Å²) >= 11 is 5.97. The largest absolute Gasteiger partial charge is 0.326 e. The number of sulfonamides is 1. The Morgan fingerprint density at radius 3 is 2.43 bits per heavy atom. The van der Waals surface area contributed by atoms with E-state index in [4.69, 9.17) is 11.6 Å².